The van der Waals surface area contributed by atoms with Crippen LogP contribution in [0.5, 0.6) is 0 Å². The van der Waals surface area contributed by atoms with Gasteiger partial charge in [0.2, 0.25) is 0 Å². The SMILES string of the molecule is CC1(C)c2cc(-c3cccc(N(c4ccccc4)c4ccc5ccccc5c4)c3)ccc2-c2c1ccc1ccccc21. The van der Waals surface area contributed by atoms with Crippen molar-refractivity contribution in [2.45, 2.75) is 19.3 Å². The molecule has 1 aliphatic rings. The van der Waals surface area contributed by atoms with Crippen LogP contribution in [0.25, 0.3) is 43.8 Å². The van der Waals surface area contributed by atoms with Crippen molar-refractivity contribution < 1.29 is 0 Å². The lowest BCUT2D eigenvalue weighted by Crippen LogP contribution is -2.15. The highest BCUT2D eigenvalue weighted by Crippen LogP contribution is 2.52. The van der Waals surface area contributed by atoms with E-state index >= 15 is 0 Å². The van der Waals surface area contributed by atoms with Gasteiger partial charge in [0.1, 0.15) is 0 Å². The molecule has 0 heterocycles. The summed E-state index contributed by atoms with van der Waals surface area (Å²) in [4.78, 5) is 2.36. The first-order chi connectivity index (χ1) is 20.6. The average molecular weight is 538 g/mol. The summed E-state index contributed by atoms with van der Waals surface area (Å²) in [5.41, 5.74) is 11.4. The summed E-state index contributed by atoms with van der Waals surface area (Å²) in [6.07, 6.45) is 0. The summed E-state index contributed by atoms with van der Waals surface area (Å²) in [5, 5.41) is 5.12. The maximum atomic E-state index is 2.42. The molecular formula is C41H31N. The molecule has 0 atom stereocenters. The lowest BCUT2D eigenvalue weighted by molar-refractivity contribution is 0.661. The summed E-state index contributed by atoms with van der Waals surface area (Å²) in [5.74, 6) is 0. The van der Waals surface area contributed by atoms with Crippen molar-refractivity contribution in [3.05, 3.63) is 163 Å². The molecule has 0 saturated carbocycles. The van der Waals surface area contributed by atoms with Gasteiger partial charge in [0, 0.05) is 22.5 Å². The van der Waals surface area contributed by atoms with Crippen molar-refractivity contribution in [3.63, 3.8) is 0 Å². The fourth-order valence-electron chi connectivity index (χ4n) is 6.85. The van der Waals surface area contributed by atoms with Crippen LogP contribution in [0.2, 0.25) is 0 Å². The minimum absolute atomic E-state index is 0.0660. The minimum atomic E-state index is -0.0660. The van der Waals surface area contributed by atoms with Gasteiger partial charge in [0.15, 0.2) is 0 Å². The standard InChI is InChI=1S/C41H31N/c1-41(2)38-24-21-29-12-8-9-18-36(29)40(38)37-23-20-32(27-39(37)41)31-14-10-17-34(26-31)42(33-15-4-3-5-16-33)35-22-19-28-11-6-7-13-30(28)25-35/h3-27H,1-2H3. The van der Waals surface area contributed by atoms with Gasteiger partial charge in [-0.2, -0.15) is 0 Å². The minimum Gasteiger partial charge on any atom is -0.310 e. The first kappa shape index (κ1) is 24.6. The molecule has 0 saturated heterocycles. The van der Waals surface area contributed by atoms with E-state index in [0.717, 1.165) is 17.1 Å². The van der Waals surface area contributed by atoms with Gasteiger partial charge in [-0.1, -0.05) is 123 Å². The van der Waals surface area contributed by atoms with E-state index in [-0.39, 0.29) is 5.41 Å². The second-order valence-corrected chi connectivity index (χ2v) is 11.8. The van der Waals surface area contributed by atoms with Crippen LogP contribution in [0.15, 0.2) is 152 Å². The number of nitrogens with zero attached hydrogens (tertiary/aromatic N) is 1. The van der Waals surface area contributed by atoms with E-state index in [2.05, 4.69) is 170 Å². The van der Waals surface area contributed by atoms with E-state index in [0.29, 0.717) is 0 Å². The summed E-state index contributed by atoms with van der Waals surface area (Å²) in [7, 11) is 0. The first-order valence-electron chi connectivity index (χ1n) is 14.7. The molecule has 0 fully saturated rings. The maximum Gasteiger partial charge on any atom is 0.0468 e. The van der Waals surface area contributed by atoms with E-state index < -0.39 is 0 Å². The zero-order valence-electron chi connectivity index (χ0n) is 23.9. The monoisotopic (exact) mass is 537 g/mol. The van der Waals surface area contributed by atoms with Crippen LogP contribution in [0, 0.1) is 0 Å². The topological polar surface area (TPSA) is 3.24 Å². The normalized spacial score (nSPS) is 13.2. The molecule has 1 aliphatic carbocycles. The number of anilines is 3. The Labute approximate surface area is 247 Å². The van der Waals surface area contributed by atoms with Crippen molar-refractivity contribution >= 4 is 38.6 Å². The van der Waals surface area contributed by atoms with Crippen LogP contribution in [-0.2, 0) is 5.41 Å². The highest BCUT2D eigenvalue weighted by Gasteiger charge is 2.36. The second-order valence-electron chi connectivity index (χ2n) is 11.8. The van der Waals surface area contributed by atoms with E-state index in [9.17, 15) is 0 Å². The average Bonchev–Trinajstić information content (AvgIpc) is 3.28. The number of rotatable bonds is 4. The Hall–Kier alpha value is -5.14. The van der Waals surface area contributed by atoms with E-state index in [1.165, 1.54) is 54.9 Å². The zero-order valence-corrected chi connectivity index (χ0v) is 23.9. The third-order valence-corrected chi connectivity index (χ3v) is 9.01. The number of fused-ring (bicyclic) bond motifs is 6. The van der Waals surface area contributed by atoms with Gasteiger partial charge in [-0.15, -0.1) is 0 Å². The van der Waals surface area contributed by atoms with Crippen LogP contribution in [0.4, 0.5) is 17.1 Å². The van der Waals surface area contributed by atoms with Crippen molar-refractivity contribution in [2.24, 2.45) is 0 Å². The third-order valence-electron chi connectivity index (χ3n) is 9.01. The molecule has 7 aromatic carbocycles. The highest BCUT2D eigenvalue weighted by atomic mass is 15.1. The first-order valence-corrected chi connectivity index (χ1v) is 14.7. The fraction of sp³-hybridized carbons (Fsp3) is 0.0732. The molecule has 1 heteroatoms. The van der Waals surface area contributed by atoms with Crippen molar-refractivity contribution in [1.29, 1.82) is 0 Å². The predicted octanol–water partition coefficient (Wildman–Crippen LogP) is 11.4. The number of hydrogen-bond acceptors (Lipinski definition) is 1. The predicted molar refractivity (Wildman–Crippen MR) is 179 cm³/mol. The smallest absolute Gasteiger partial charge is 0.0468 e. The third kappa shape index (κ3) is 3.85. The fourth-order valence-corrected chi connectivity index (χ4v) is 6.85. The van der Waals surface area contributed by atoms with Crippen molar-refractivity contribution in [2.75, 3.05) is 4.90 Å². The summed E-state index contributed by atoms with van der Waals surface area (Å²) in [6, 6.07) is 55.3. The highest BCUT2D eigenvalue weighted by molar-refractivity contribution is 6.03. The Balaban J connectivity index is 1.26. The Morgan fingerprint density at radius 2 is 1.10 bits per heavy atom. The molecule has 200 valence electrons. The molecule has 0 N–H and O–H groups in total. The Kier molecular flexibility index (Phi) is 5.55. The summed E-state index contributed by atoms with van der Waals surface area (Å²) in [6.45, 7) is 4.73. The van der Waals surface area contributed by atoms with Gasteiger partial charge >= 0.3 is 0 Å². The van der Waals surface area contributed by atoms with Gasteiger partial charge in [-0.25, -0.2) is 0 Å². The Morgan fingerprint density at radius 3 is 1.95 bits per heavy atom. The molecule has 0 amide bonds. The van der Waals surface area contributed by atoms with E-state index in [1.807, 2.05) is 0 Å². The molecule has 0 radical (unpaired) electrons. The summed E-state index contributed by atoms with van der Waals surface area (Å²) >= 11 is 0. The molecule has 7 aromatic rings. The van der Waals surface area contributed by atoms with Crippen LogP contribution in [-0.4, -0.2) is 0 Å². The van der Waals surface area contributed by atoms with Crippen LogP contribution >= 0.6 is 0 Å². The molecular weight excluding hydrogens is 506 g/mol. The Morgan fingerprint density at radius 1 is 0.429 bits per heavy atom. The lowest BCUT2D eigenvalue weighted by atomic mass is 9.81. The van der Waals surface area contributed by atoms with Crippen molar-refractivity contribution in [3.8, 4) is 22.3 Å². The molecule has 0 aromatic heterocycles. The van der Waals surface area contributed by atoms with Gasteiger partial charge in [0.25, 0.3) is 0 Å². The van der Waals surface area contributed by atoms with Gasteiger partial charge < -0.3 is 4.90 Å². The molecule has 8 rings (SSSR count). The van der Waals surface area contributed by atoms with Gasteiger partial charge in [-0.05, 0) is 97.4 Å². The van der Waals surface area contributed by atoms with Crippen LogP contribution < -0.4 is 4.90 Å². The quantitative estimate of drug-likeness (QED) is 0.216. The van der Waals surface area contributed by atoms with E-state index in [4.69, 9.17) is 0 Å². The largest absolute Gasteiger partial charge is 0.310 e. The van der Waals surface area contributed by atoms with Crippen LogP contribution in [0.1, 0.15) is 25.0 Å². The molecule has 1 nitrogen and oxygen atoms in total. The van der Waals surface area contributed by atoms with E-state index in [1.54, 1.807) is 0 Å². The molecule has 0 aliphatic heterocycles. The van der Waals surface area contributed by atoms with Crippen LogP contribution in [0.3, 0.4) is 0 Å². The second kappa shape index (κ2) is 9.46. The summed E-state index contributed by atoms with van der Waals surface area (Å²) < 4.78 is 0. The molecule has 0 spiro atoms. The maximum absolute atomic E-state index is 2.42. The number of hydrogen-bond donors (Lipinski definition) is 0. The molecule has 42 heavy (non-hydrogen) atoms. The molecule has 0 unspecified atom stereocenters. The molecule has 0 bridgehead atoms. The number of benzene rings is 7. The lowest BCUT2D eigenvalue weighted by Gasteiger charge is -2.26. The Bertz CT molecular complexity index is 2120. The van der Waals surface area contributed by atoms with Gasteiger partial charge in [-0.3, -0.25) is 0 Å². The van der Waals surface area contributed by atoms with Gasteiger partial charge in [0.05, 0.1) is 0 Å². The van der Waals surface area contributed by atoms with Crippen molar-refractivity contribution in [1.82, 2.24) is 0 Å². The zero-order chi connectivity index (χ0) is 28.3. The number of para-hydroxylation sites is 1.